The monoisotopic (exact) mass is 493 g/mol. The molecular formula is C19H22Cl3N3O4S. The summed E-state index contributed by atoms with van der Waals surface area (Å²) in [6, 6.07) is 8.97. The first kappa shape index (κ1) is 24.7. The van der Waals surface area contributed by atoms with Crippen LogP contribution in [-0.4, -0.2) is 63.8 Å². The molecule has 11 heteroatoms. The number of hydrogen-bond donors (Lipinski definition) is 1. The van der Waals surface area contributed by atoms with Crippen LogP contribution < -0.4 is 10.1 Å². The minimum atomic E-state index is -3.88. The summed E-state index contributed by atoms with van der Waals surface area (Å²) in [5.74, 6) is 0.0854. The van der Waals surface area contributed by atoms with Gasteiger partial charge in [-0.05, 0) is 36.4 Å². The van der Waals surface area contributed by atoms with Gasteiger partial charge in [0.1, 0.15) is 16.4 Å². The van der Waals surface area contributed by atoms with Gasteiger partial charge in [0.15, 0.2) is 0 Å². The Hall–Kier alpha value is -1.55. The zero-order chi connectivity index (χ0) is 21.2. The van der Waals surface area contributed by atoms with E-state index in [9.17, 15) is 13.2 Å². The molecule has 0 aromatic heterocycles. The van der Waals surface area contributed by atoms with Crippen LogP contribution in [-0.2, 0) is 10.0 Å². The van der Waals surface area contributed by atoms with Crippen LogP contribution in [0.4, 0.5) is 0 Å². The van der Waals surface area contributed by atoms with Crippen molar-refractivity contribution in [1.29, 1.82) is 0 Å². The highest BCUT2D eigenvalue weighted by atomic mass is 35.5. The molecule has 0 bridgehead atoms. The fraction of sp³-hybridized carbons (Fsp3) is 0.316. The predicted molar refractivity (Wildman–Crippen MR) is 120 cm³/mol. The van der Waals surface area contributed by atoms with E-state index >= 15 is 0 Å². The van der Waals surface area contributed by atoms with Gasteiger partial charge in [-0.1, -0.05) is 23.2 Å². The molecule has 164 valence electrons. The molecule has 7 nitrogen and oxygen atoms in total. The van der Waals surface area contributed by atoms with Crippen molar-refractivity contribution in [3.63, 3.8) is 0 Å². The Labute approximate surface area is 192 Å². The van der Waals surface area contributed by atoms with Gasteiger partial charge in [0.2, 0.25) is 10.0 Å². The first-order valence-electron chi connectivity index (χ1n) is 8.89. The fourth-order valence-electron chi connectivity index (χ4n) is 2.92. The van der Waals surface area contributed by atoms with Crippen LogP contribution in [0.1, 0.15) is 10.4 Å². The molecule has 30 heavy (non-hydrogen) atoms. The van der Waals surface area contributed by atoms with E-state index in [0.29, 0.717) is 42.0 Å². The highest BCUT2D eigenvalue weighted by molar-refractivity contribution is 7.89. The molecule has 0 saturated carbocycles. The molecule has 1 heterocycles. The molecule has 0 aliphatic carbocycles. The number of hydrogen-bond acceptors (Lipinski definition) is 5. The lowest BCUT2D eigenvalue weighted by atomic mass is 10.2. The minimum absolute atomic E-state index is 0. The van der Waals surface area contributed by atoms with Crippen LogP contribution in [0.15, 0.2) is 41.3 Å². The number of carbonyl (C=O) groups is 1. The molecule has 1 saturated heterocycles. The molecule has 0 atom stereocenters. The van der Waals surface area contributed by atoms with Crippen LogP contribution >= 0.6 is 35.6 Å². The maximum atomic E-state index is 13.3. The molecule has 2 aromatic rings. The van der Waals surface area contributed by atoms with Gasteiger partial charge < -0.3 is 15.0 Å². The van der Waals surface area contributed by atoms with E-state index in [2.05, 4.69) is 5.32 Å². The van der Waals surface area contributed by atoms with Crippen molar-refractivity contribution in [1.82, 2.24) is 14.5 Å². The Kier molecular flexibility index (Phi) is 8.38. The fourth-order valence-corrected chi connectivity index (χ4v) is 5.01. The Morgan fingerprint density at radius 2 is 1.67 bits per heavy atom. The third-order valence-electron chi connectivity index (χ3n) is 4.35. The first-order chi connectivity index (χ1) is 13.7. The van der Waals surface area contributed by atoms with Gasteiger partial charge in [0.25, 0.3) is 5.91 Å². The molecule has 2 aromatic carbocycles. The average molecular weight is 495 g/mol. The number of amides is 1. The molecule has 1 amide bonds. The number of ether oxygens (including phenoxy) is 1. The quantitative estimate of drug-likeness (QED) is 0.688. The second-order valence-electron chi connectivity index (χ2n) is 6.72. The van der Waals surface area contributed by atoms with Crippen molar-refractivity contribution in [2.24, 2.45) is 0 Å². The Morgan fingerprint density at radius 1 is 1.07 bits per heavy atom. The van der Waals surface area contributed by atoms with E-state index in [4.69, 9.17) is 27.9 Å². The van der Waals surface area contributed by atoms with Crippen LogP contribution in [0, 0.1) is 0 Å². The smallest absolute Gasteiger partial charge is 0.253 e. The molecule has 0 unspecified atom stereocenters. The highest BCUT2D eigenvalue weighted by Gasteiger charge is 2.30. The third-order valence-corrected chi connectivity index (χ3v) is 6.71. The lowest BCUT2D eigenvalue weighted by molar-refractivity contribution is 0.0827. The van der Waals surface area contributed by atoms with Crippen LogP contribution in [0.3, 0.4) is 0 Å². The maximum Gasteiger partial charge on any atom is 0.253 e. The summed E-state index contributed by atoms with van der Waals surface area (Å²) in [5, 5.41) is 3.84. The van der Waals surface area contributed by atoms with Crippen molar-refractivity contribution in [2.45, 2.75) is 4.90 Å². The molecule has 0 spiro atoms. The van der Waals surface area contributed by atoms with Crippen molar-refractivity contribution in [3.8, 4) is 11.5 Å². The summed E-state index contributed by atoms with van der Waals surface area (Å²) in [5.41, 5.74) is 0.250. The summed E-state index contributed by atoms with van der Waals surface area (Å²) >= 11 is 12.0. The van der Waals surface area contributed by atoms with Crippen molar-refractivity contribution in [3.05, 3.63) is 52.0 Å². The summed E-state index contributed by atoms with van der Waals surface area (Å²) in [6.45, 7) is 1.76. The second-order valence-corrected chi connectivity index (χ2v) is 9.50. The van der Waals surface area contributed by atoms with Crippen LogP contribution in [0.2, 0.25) is 10.0 Å². The lowest BCUT2D eigenvalue weighted by Crippen LogP contribution is -2.46. The number of halogens is 3. The van der Waals surface area contributed by atoms with E-state index in [1.807, 2.05) is 0 Å². The molecule has 0 radical (unpaired) electrons. The summed E-state index contributed by atoms with van der Waals surface area (Å²) in [7, 11) is -0.678. The number of carbonyl (C=O) groups excluding carboxylic acids is 1. The number of nitrogens with zero attached hydrogens (tertiary/aromatic N) is 2. The Balaban J connectivity index is 0.00000320. The molecule has 1 fully saturated rings. The van der Waals surface area contributed by atoms with Crippen molar-refractivity contribution >= 4 is 51.5 Å². The zero-order valence-corrected chi connectivity index (χ0v) is 19.5. The molecule has 3 rings (SSSR count). The van der Waals surface area contributed by atoms with Gasteiger partial charge in [-0.25, -0.2) is 8.42 Å². The minimum Gasteiger partial charge on any atom is -0.456 e. The summed E-state index contributed by atoms with van der Waals surface area (Å²) in [6.07, 6.45) is 0. The molecular weight excluding hydrogens is 473 g/mol. The van der Waals surface area contributed by atoms with E-state index in [1.54, 1.807) is 20.2 Å². The highest BCUT2D eigenvalue weighted by Crippen LogP contribution is 2.34. The Morgan fingerprint density at radius 3 is 2.23 bits per heavy atom. The molecule has 1 aliphatic rings. The topological polar surface area (TPSA) is 79.0 Å². The van der Waals surface area contributed by atoms with Gasteiger partial charge >= 0.3 is 0 Å². The summed E-state index contributed by atoms with van der Waals surface area (Å²) in [4.78, 5) is 13.7. The van der Waals surface area contributed by atoms with Crippen LogP contribution in [0.5, 0.6) is 11.5 Å². The predicted octanol–water partition coefficient (Wildman–Crippen LogP) is 3.50. The van der Waals surface area contributed by atoms with Gasteiger partial charge in [-0.15, -0.1) is 12.4 Å². The first-order valence-corrected chi connectivity index (χ1v) is 11.1. The average Bonchev–Trinajstić information content (AvgIpc) is 2.67. The van der Waals surface area contributed by atoms with E-state index < -0.39 is 10.0 Å². The number of rotatable bonds is 5. The SMILES string of the molecule is CN(C)C(=O)c1ccc(Oc2cc(Cl)cc(Cl)c2)c(S(=O)(=O)N2CCNCC2)c1.Cl. The van der Waals surface area contributed by atoms with Crippen LogP contribution in [0.25, 0.3) is 0 Å². The molecule has 1 N–H and O–H groups in total. The standard InChI is InChI=1S/C19H21Cl2N3O4S.ClH/c1-23(2)19(25)13-3-4-17(28-16-11-14(20)10-15(21)12-16)18(9-13)29(26,27)24-7-5-22-6-8-24;/h3-4,9-12,22H,5-8H2,1-2H3;1H. The number of sulfonamides is 1. The van der Waals surface area contributed by atoms with E-state index in [1.165, 1.54) is 39.5 Å². The number of piperazine rings is 1. The van der Waals surface area contributed by atoms with Gasteiger partial charge in [-0.2, -0.15) is 4.31 Å². The summed E-state index contributed by atoms with van der Waals surface area (Å²) < 4.78 is 33.8. The third kappa shape index (κ3) is 5.57. The lowest BCUT2D eigenvalue weighted by Gasteiger charge is -2.27. The van der Waals surface area contributed by atoms with E-state index in [0.717, 1.165) is 0 Å². The normalized spacial score (nSPS) is 14.7. The van der Waals surface area contributed by atoms with Crippen molar-refractivity contribution < 1.29 is 17.9 Å². The maximum absolute atomic E-state index is 13.3. The molecule has 1 aliphatic heterocycles. The van der Waals surface area contributed by atoms with E-state index in [-0.39, 0.29) is 34.5 Å². The second kappa shape index (κ2) is 10.2. The zero-order valence-electron chi connectivity index (χ0n) is 16.4. The Bertz CT molecular complexity index is 1010. The number of nitrogens with one attached hydrogen (secondary N) is 1. The van der Waals surface area contributed by atoms with Gasteiger partial charge in [0.05, 0.1) is 0 Å². The van der Waals surface area contributed by atoms with Gasteiger partial charge in [-0.3, -0.25) is 4.79 Å². The number of benzene rings is 2. The largest absolute Gasteiger partial charge is 0.456 e. The van der Waals surface area contributed by atoms with Crippen molar-refractivity contribution in [2.75, 3.05) is 40.3 Å². The van der Waals surface area contributed by atoms with Gasteiger partial charge in [0, 0.05) is 55.9 Å².